The number of hydrogen-bond donors (Lipinski definition) is 4. The van der Waals surface area contributed by atoms with Crippen molar-refractivity contribution in [2.24, 2.45) is 11.7 Å². The fourth-order valence-corrected chi connectivity index (χ4v) is 5.03. The van der Waals surface area contributed by atoms with E-state index in [0.29, 0.717) is 28.6 Å². The molecule has 11 heteroatoms. The van der Waals surface area contributed by atoms with Crippen LogP contribution < -0.4 is 16.4 Å². The third kappa shape index (κ3) is 6.19. The van der Waals surface area contributed by atoms with E-state index in [4.69, 9.17) is 17.3 Å². The third-order valence-electron chi connectivity index (χ3n) is 7.31. The maximum Gasteiger partial charge on any atom is 0.323 e. The largest absolute Gasteiger partial charge is 0.391 e. The van der Waals surface area contributed by atoms with Crippen LogP contribution in [-0.4, -0.2) is 50.6 Å². The average molecular weight is 553 g/mol. The van der Waals surface area contributed by atoms with Gasteiger partial charge in [0.25, 0.3) is 0 Å². The Kier molecular flexibility index (Phi) is 7.79. The van der Waals surface area contributed by atoms with Gasteiger partial charge < -0.3 is 21.1 Å². The van der Waals surface area contributed by atoms with Gasteiger partial charge in [0.1, 0.15) is 17.7 Å². The number of anilines is 2. The number of halogens is 2. The molecular weight excluding hydrogens is 523 g/mol. The first kappa shape index (κ1) is 27.0. The van der Waals surface area contributed by atoms with Crippen molar-refractivity contribution < 1.29 is 19.1 Å². The molecule has 1 saturated heterocycles. The first-order valence-electron chi connectivity index (χ1n) is 12.9. The minimum Gasteiger partial charge on any atom is -0.391 e. The lowest BCUT2D eigenvalue weighted by Gasteiger charge is -2.30. The maximum absolute atomic E-state index is 15.0. The monoisotopic (exact) mass is 552 g/mol. The van der Waals surface area contributed by atoms with Crippen LogP contribution in [0.15, 0.2) is 60.9 Å². The highest BCUT2D eigenvalue weighted by Crippen LogP contribution is 2.40. The summed E-state index contributed by atoms with van der Waals surface area (Å²) in [6, 6.07) is 11.4. The van der Waals surface area contributed by atoms with Gasteiger partial charge in [-0.05, 0) is 60.7 Å². The number of aliphatic hydroxyl groups excluding tert-OH is 1. The average Bonchev–Trinajstić information content (AvgIpc) is 3.69. The summed E-state index contributed by atoms with van der Waals surface area (Å²) in [5.74, 6) is -0.396. The zero-order chi connectivity index (χ0) is 27.6. The summed E-state index contributed by atoms with van der Waals surface area (Å²) in [5, 5.41) is 15.9. The Morgan fingerprint density at radius 2 is 1.97 bits per heavy atom. The summed E-state index contributed by atoms with van der Waals surface area (Å²) in [6.07, 6.45) is 6.03. The smallest absolute Gasteiger partial charge is 0.323 e. The number of urea groups is 1. The molecule has 1 aromatic carbocycles. The van der Waals surface area contributed by atoms with Gasteiger partial charge in [0.2, 0.25) is 5.91 Å². The molecule has 5 rings (SSSR count). The van der Waals surface area contributed by atoms with Crippen molar-refractivity contribution in [3.05, 3.63) is 83.0 Å². The van der Waals surface area contributed by atoms with Crippen molar-refractivity contribution >= 4 is 35.0 Å². The summed E-state index contributed by atoms with van der Waals surface area (Å²) in [5.41, 5.74) is 7.19. The Labute approximate surface area is 230 Å². The van der Waals surface area contributed by atoms with Crippen molar-refractivity contribution in [2.45, 2.75) is 49.8 Å². The number of nitrogens with one attached hydrogen (secondary N) is 2. The molecule has 3 atom stereocenters. The number of amides is 3. The van der Waals surface area contributed by atoms with Gasteiger partial charge in [0.05, 0.1) is 28.0 Å². The van der Waals surface area contributed by atoms with Gasteiger partial charge in [-0.25, -0.2) is 14.2 Å². The van der Waals surface area contributed by atoms with E-state index in [1.54, 1.807) is 18.3 Å². The van der Waals surface area contributed by atoms with Crippen LogP contribution >= 0.6 is 11.6 Å². The third-order valence-corrected chi connectivity index (χ3v) is 7.53. The van der Waals surface area contributed by atoms with Crippen molar-refractivity contribution in [3.8, 4) is 0 Å². The second-order valence-electron chi connectivity index (χ2n) is 10.2. The van der Waals surface area contributed by atoms with E-state index in [-0.39, 0.29) is 24.5 Å². The predicted octanol–water partition coefficient (Wildman–Crippen LogP) is 4.27. The van der Waals surface area contributed by atoms with Crippen LogP contribution in [0.4, 0.5) is 20.7 Å². The van der Waals surface area contributed by atoms with E-state index in [1.807, 2.05) is 18.2 Å². The number of nitrogens with two attached hydrogens (primary N) is 1. The SMILES string of the molecule is NC(CCC1CC1)(c1ccc(F)c(NC(=O)[C@H]2C[C@@H](O)CN2C(=O)Nc2ccc(Cl)cn2)c1)c1ccccn1. The molecule has 3 aromatic rings. The molecule has 2 aromatic heterocycles. The molecule has 1 unspecified atom stereocenters. The quantitative estimate of drug-likeness (QED) is 0.330. The number of carbonyl (C=O) groups excluding carboxylic acids is 2. The molecule has 2 fully saturated rings. The van der Waals surface area contributed by atoms with Crippen LogP contribution in [0, 0.1) is 11.7 Å². The number of aliphatic hydroxyl groups is 1. The van der Waals surface area contributed by atoms with Gasteiger partial charge in [-0.3, -0.25) is 15.1 Å². The van der Waals surface area contributed by atoms with E-state index < -0.39 is 35.4 Å². The van der Waals surface area contributed by atoms with E-state index >= 15 is 0 Å². The fourth-order valence-electron chi connectivity index (χ4n) is 4.92. The normalized spacial score (nSPS) is 20.4. The Morgan fingerprint density at radius 3 is 2.67 bits per heavy atom. The Hall–Kier alpha value is -3.60. The molecule has 9 nitrogen and oxygen atoms in total. The van der Waals surface area contributed by atoms with E-state index in [0.717, 1.165) is 6.42 Å². The summed E-state index contributed by atoms with van der Waals surface area (Å²) < 4.78 is 15.0. The lowest BCUT2D eigenvalue weighted by Crippen LogP contribution is -2.45. The maximum atomic E-state index is 15.0. The lowest BCUT2D eigenvalue weighted by atomic mass is 9.82. The zero-order valence-electron chi connectivity index (χ0n) is 21.2. The summed E-state index contributed by atoms with van der Waals surface area (Å²) in [4.78, 5) is 35.9. The Morgan fingerprint density at radius 1 is 1.15 bits per heavy atom. The topological polar surface area (TPSA) is 133 Å². The number of likely N-dealkylation sites (tertiary alicyclic amines) is 1. The number of aromatic nitrogens is 2. The minimum atomic E-state index is -1.02. The van der Waals surface area contributed by atoms with Gasteiger partial charge in [0, 0.05) is 25.4 Å². The number of pyridine rings is 2. The van der Waals surface area contributed by atoms with Crippen LogP contribution in [0.1, 0.15) is 43.4 Å². The molecular formula is C28H30ClFN6O3. The molecule has 5 N–H and O–H groups in total. The van der Waals surface area contributed by atoms with Crippen molar-refractivity contribution in [2.75, 3.05) is 17.2 Å². The number of carbonyl (C=O) groups is 2. The highest BCUT2D eigenvalue weighted by atomic mass is 35.5. The van der Waals surface area contributed by atoms with Crippen LogP contribution in [-0.2, 0) is 10.3 Å². The van der Waals surface area contributed by atoms with Crippen LogP contribution in [0.25, 0.3) is 0 Å². The van der Waals surface area contributed by atoms with Crippen molar-refractivity contribution in [1.82, 2.24) is 14.9 Å². The molecule has 1 aliphatic heterocycles. The van der Waals surface area contributed by atoms with Crippen molar-refractivity contribution in [3.63, 3.8) is 0 Å². The molecule has 204 valence electrons. The van der Waals surface area contributed by atoms with E-state index in [9.17, 15) is 19.1 Å². The molecule has 0 radical (unpaired) electrons. The lowest BCUT2D eigenvalue weighted by molar-refractivity contribution is -0.119. The summed E-state index contributed by atoms with van der Waals surface area (Å²) in [6.45, 7) is -0.0627. The molecule has 0 bridgehead atoms. The summed E-state index contributed by atoms with van der Waals surface area (Å²) >= 11 is 5.84. The predicted molar refractivity (Wildman–Crippen MR) is 146 cm³/mol. The highest BCUT2D eigenvalue weighted by Gasteiger charge is 2.40. The fraction of sp³-hybridized carbons (Fsp3) is 0.357. The molecule has 2 aliphatic rings. The molecule has 0 spiro atoms. The second-order valence-corrected chi connectivity index (χ2v) is 10.6. The van der Waals surface area contributed by atoms with Crippen LogP contribution in [0.5, 0.6) is 0 Å². The van der Waals surface area contributed by atoms with Gasteiger partial charge in [-0.15, -0.1) is 0 Å². The molecule has 1 saturated carbocycles. The molecule has 3 heterocycles. The number of benzene rings is 1. The van der Waals surface area contributed by atoms with E-state index in [2.05, 4.69) is 20.6 Å². The van der Waals surface area contributed by atoms with Gasteiger partial charge in [0.15, 0.2) is 0 Å². The first-order chi connectivity index (χ1) is 18.7. The highest BCUT2D eigenvalue weighted by molar-refractivity contribution is 6.30. The van der Waals surface area contributed by atoms with Gasteiger partial charge >= 0.3 is 6.03 Å². The van der Waals surface area contributed by atoms with Crippen LogP contribution in [0.2, 0.25) is 5.02 Å². The van der Waals surface area contributed by atoms with Crippen molar-refractivity contribution in [1.29, 1.82) is 0 Å². The second kappa shape index (κ2) is 11.3. The molecule has 39 heavy (non-hydrogen) atoms. The number of nitrogens with zero attached hydrogens (tertiary/aromatic N) is 3. The first-order valence-corrected chi connectivity index (χ1v) is 13.3. The molecule has 1 aliphatic carbocycles. The van der Waals surface area contributed by atoms with Crippen LogP contribution in [0.3, 0.4) is 0 Å². The minimum absolute atomic E-state index is 0.00472. The van der Waals surface area contributed by atoms with Gasteiger partial charge in [-0.2, -0.15) is 0 Å². The Bertz CT molecular complexity index is 1340. The number of hydrogen-bond acceptors (Lipinski definition) is 6. The van der Waals surface area contributed by atoms with Gasteiger partial charge in [-0.1, -0.05) is 36.6 Å². The Balaban J connectivity index is 1.36. The standard InChI is InChI=1S/C28H30ClFN6O3/c29-19-7-9-25(33-15-19)35-27(39)36-16-20(37)14-23(36)26(38)34-22-13-18(6-8-21(22)30)28(31,11-10-17-4-5-17)24-3-1-2-12-32-24/h1-3,6-9,12-13,15,17,20,23,37H,4-5,10-11,14,16,31H2,(H,34,38)(H,33,35,39)/t20-,23-,28?/m1/s1. The van der Waals surface area contributed by atoms with E-state index in [1.165, 1.54) is 42.1 Å². The number of β-amino-alcohol motifs (C(OH)–C–C–N with tert-alkyl or cyclic N) is 1. The zero-order valence-corrected chi connectivity index (χ0v) is 21.9. The molecule has 3 amide bonds. The number of rotatable bonds is 8. The summed E-state index contributed by atoms with van der Waals surface area (Å²) in [7, 11) is 0.